The van der Waals surface area contributed by atoms with E-state index >= 15 is 0 Å². The third-order valence-electron chi connectivity index (χ3n) is 4.60. The van der Waals surface area contributed by atoms with Crippen molar-refractivity contribution in [2.45, 2.75) is 18.9 Å². The molecular formula is C22H19Br2N3O8. The van der Waals surface area contributed by atoms with Crippen LogP contribution in [-0.4, -0.2) is 56.9 Å². The van der Waals surface area contributed by atoms with E-state index in [4.69, 9.17) is 14.2 Å². The van der Waals surface area contributed by atoms with Gasteiger partial charge in [0, 0.05) is 8.95 Å². The van der Waals surface area contributed by atoms with Crippen LogP contribution in [0.15, 0.2) is 69.9 Å². The largest absolute Gasteiger partial charge is 0.459 e. The number of nitro groups is 1. The summed E-state index contributed by atoms with van der Waals surface area (Å²) in [5, 5.41) is 21.7. The first-order chi connectivity index (χ1) is 16.7. The fourth-order valence-electron chi connectivity index (χ4n) is 2.84. The molecule has 3 rings (SSSR count). The zero-order chi connectivity index (χ0) is 25.4. The van der Waals surface area contributed by atoms with Crippen molar-refractivity contribution in [3.8, 4) is 0 Å². The molecule has 0 aliphatic rings. The summed E-state index contributed by atoms with van der Waals surface area (Å²) in [5.41, 5.74) is 0.526. The van der Waals surface area contributed by atoms with Crippen LogP contribution in [0, 0.1) is 10.1 Å². The van der Waals surface area contributed by atoms with E-state index in [-0.39, 0.29) is 17.9 Å². The molecule has 1 aromatic heterocycles. The lowest BCUT2D eigenvalue weighted by molar-refractivity contribution is -0.397. The van der Waals surface area contributed by atoms with Crippen LogP contribution in [0.5, 0.6) is 0 Å². The molecule has 0 radical (unpaired) electrons. The number of rotatable bonds is 11. The summed E-state index contributed by atoms with van der Waals surface area (Å²) in [5.74, 6) is -1.82. The molecule has 11 nitrogen and oxygen atoms in total. The smallest absolute Gasteiger partial charge is 0.436 e. The van der Waals surface area contributed by atoms with Crippen LogP contribution in [-0.2, 0) is 20.9 Å². The lowest BCUT2D eigenvalue weighted by Crippen LogP contribution is -2.38. The Labute approximate surface area is 216 Å². The predicted octanol–water partition coefficient (Wildman–Crippen LogP) is 3.73. The fraction of sp³-hybridized carbons (Fsp3) is 0.227. The highest BCUT2D eigenvalue weighted by molar-refractivity contribution is 9.10. The standard InChI is InChI=1S/C22H19Br2N3O8/c23-16-5-1-3-14(9-16)20(29)33-11-18(28)19(35-13-26-8-7-25-22(26)27(31)32)12-34-21(30)15-4-2-6-17(24)10-15/h1-10,18-19,28H,11-13H2/t18-,19+/m0/s1. The van der Waals surface area contributed by atoms with E-state index in [2.05, 4.69) is 36.8 Å². The molecule has 0 amide bonds. The molecule has 35 heavy (non-hydrogen) atoms. The van der Waals surface area contributed by atoms with E-state index in [0.717, 1.165) is 4.57 Å². The molecule has 0 saturated carbocycles. The minimum Gasteiger partial charge on any atom is -0.459 e. The number of imidazole rings is 1. The maximum atomic E-state index is 12.4. The van der Waals surface area contributed by atoms with Crippen molar-refractivity contribution in [2.24, 2.45) is 0 Å². The van der Waals surface area contributed by atoms with Gasteiger partial charge in [-0.25, -0.2) is 14.2 Å². The normalized spacial score (nSPS) is 12.5. The molecule has 0 fully saturated rings. The highest BCUT2D eigenvalue weighted by Crippen LogP contribution is 2.16. The molecule has 13 heteroatoms. The van der Waals surface area contributed by atoms with Gasteiger partial charge in [0.15, 0.2) is 6.73 Å². The number of hydrogen-bond acceptors (Lipinski definition) is 9. The third kappa shape index (κ3) is 7.68. The Balaban J connectivity index is 1.66. The monoisotopic (exact) mass is 611 g/mol. The van der Waals surface area contributed by atoms with Gasteiger partial charge in [-0.2, -0.15) is 0 Å². The Morgan fingerprint density at radius 3 is 2.14 bits per heavy atom. The van der Waals surface area contributed by atoms with Crippen molar-refractivity contribution in [2.75, 3.05) is 13.2 Å². The third-order valence-corrected chi connectivity index (χ3v) is 5.58. The Hall–Kier alpha value is -3.13. The second-order valence-corrected chi connectivity index (χ2v) is 8.90. The second-order valence-electron chi connectivity index (χ2n) is 7.07. The summed E-state index contributed by atoms with van der Waals surface area (Å²) in [6.45, 7) is -1.26. The van der Waals surface area contributed by atoms with Gasteiger partial charge in [-0.3, -0.25) is 0 Å². The number of nitrogens with zero attached hydrogens (tertiary/aromatic N) is 3. The zero-order valence-corrected chi connectivity index (χ0v) is 21.1. The number of aliphatic hydroxyl groups excluding tert-OH is 1. The van der Waals surface area contributed by atoms with Crippen LogP contribution in [0.2, 0.25) is 0 Å². The van der Waals surface area contributed by atoms with Crippen LogP contribution in [0.3, 0.4) is 0 Å². The average Bonchev–Trinajstić information content (AvgIpc) is 3.31. The highest BCUT2D eigenvalue weighted by atomic mass is 79.9. The number of hydrogen-bond donors (Lipinski definition) is 1. The minimum absolute atomic E-state index is 0.263. The van der Waals surface area contributed by atoms with Crippen LogP contribution in [0.1, 0.15) is 20.7 Å². The minimum atomic E-state index is -1.41. The summed E-state index contributed by atoms with van der Waals surface area (Å²) in [7, 11) is 0. The summed E-state index contributed by atoms with van der Waals surface area (Å²) in [4.78, 5) is 38.7. The molecule has 2 aromatic carbocycles. The number of ether oxygens (including phenoxy) is 3. The first kappa shape index (κ1) is 26.5. The fourth-order valence-corrected chi connectivity index (χ4v) is 3.64. The van der Waals surface area contributed by atoms with Crippen molar-refractivity contribution in [3.05, 3.63) is 91.1 Å². The van der Waals surface area contributed by atoms with E-state index in [9.17, 15) is 24.8 Å². The van der Waals surface area contributed by atoms with Gasteiger partial charge in [0.1, 0.15) is 37.8 Å². The first-order valence-corrected chi connectivity index (χ1v) is 11.6. The first-order valence-electron chi connectivity index (χ1n) is 10.0. The molecule has 0 unspecified atom stereocenters. The highest BCUT2D eigenvalue weighted by Gasteiger charge is 2.26. The molecule has 1 heterocycles. The Bertz CT molecular complexity index is 1200. The van der Waals surface area contributed by atoms with E-state index in [0.29, 0.717) is 8.95 Å². The summed E-state index contributed by atoms with van der Waals surface area (Å²) in [6.07, 6.45) is -0.0464. The van der Waals surface area contributed by atoms with Crippen molar-refractivity contribution in [1.82, 2.24) is 9.55 Å². The van der Waals surface area contributed by atoms with Crippen molar-refractivity contribution < 1.29 is 33.8 Å². The lowest BCUT2D eigenvalue weighted by atomic mass is 10.2. The van der Waals surface area contributed by atoms with Crippen LogP contribution in [0.4, 0.5) is 5.95 Å². The Morgan fingerprint density at radius 2 is 1.60 bits per heavy atom. The second kappa shape index (κ2) is 12.5. The van der Waals surface area contributed by atoms with E-state index in [1.165, 1.54) is 12.4 Å². The van der Waals surface area contributed by atoms with Gasteiger partial charge in [0.2, 0.25) is 0 Å². The molecular weight excluding hydrogens is 594 g/mol. The maximum Gasteiger partial charge on any atom is 0.436 e. The van der Waals surface area contributed by atoms with Gasteiger partial charge >= 0.3 is 17.9 Å². The van der Waals surface area contributed by atoms with Crippen molar-refractivity contribution >= 4 is 49.7 Å². The number of benzene rings is 2. The number of halogens is 2. The van der Waals surface area contributed by atoms with Gasteiger partial charge in [0.25, 0.3) is 0 Å². The molecule has 0 saturated heterocycles. The SMILES string of the molecule is O=C(OC[C@H](O)[C@@H](COC(=O)c1cccc(Br)c1)OCn1ccnc1[N+](=O)[O-])c1cccc(Br)c1. The van der Waals surface area contributed by atoms with Gasteiger partial charge in [0.05, 0.1) is 11.1 Å². The summed E-state index contributed by atoms with van der Waals surface area (Å²) in [6, 6.07) is 13.0. The van der Waals surface area contributed by atoms with E-state index in [1.807, 2.05) is 0 Å². The molecule has 0 aliphatic carbocycles. The molecule has 3 aromatic rings. The molecule has 184 valence electrons. The summed E-state index contributed by atoms with van der Waals surface area (Å²) >= 11 is 6.53. The van der Waals surface area contributed by atoms with Gasteiger partial charge in [-0.15, -0.1) is 0 Å². The molecule has 2 atom stereocenters. The number of carbonyl (C=O) groups is 2. The van der Waals surface area contributed by atoms with Crippen LogP contribution >= 0.6 is 31.9 Å². The van der Waals surface area contributed by atoms with Crippen molar-refractivity contribution in [1.29, 1.82) is 0 Å². The summed E-state index contributed by atoms with van der Waals surface area (Å²) < 4.78 is 18.5. The topological polar surface area (TPSA) is 143 Å². The van der Waals surface area contributed by atoms with Crippen LogP contribution in [0.25, 0.3) is 0 Å². The van der Waals surface area contributed by atoms with Gasteiger partial charge < -0.3 is 29.4 Å². The van der Waals surface area contributed by atoms with E-state index in [1.54, 1.807) is 48.5 Å². The number of esters is 2. The van der Waals surface area contributed by atoms with Crippen LogP contribution < -0.4 is 0 Å². The van der Waals surface area contributed by atoms with Crippen molar-refractivity contribution in [3.63, 3.8) is 0 Å². The Morgan fingerprint density at radius 1 is 1.03 bits per heavy atom. The molecule has 0 spiro atoms. The maximum absolute atomic E-state index is 12.4. The zero-order valence-electron chi connectivity index (χ0n) is 18.0. The van der Waals surface area contributed by atoms with E-state index < -0.39 is 48.2 Å². The quantitative estimate of drug-likeness (QED) is 0.195. The Kier molecular flexibility index (Phi) is 9.48. The van der Waals surface area contributed by atoms with Gasteiger partial charge in [-0.1, -0.05) is 49.0 Å². The molecule has 0 bridgehead atoms. The van der Waals surface area contributed by atoms with Gasteiger partial charge in [-0.05, 0) is 41.3 Å². The molecule has 1 N–H and O–H groups in total. The number of aliphatic hydroxyl groups is 1. The predicted molar refractivity (Wildman–Crippen MR) is 129 cm³/mol. The average molecular weight is 613 g/mol. The number of aromatic nitrogens is 2. The lowest BCUT2D eigenvalue weighted by Gasteiger charge is -2.22. The number of carbonyl (C=O) groups excluding carboxylic acids is 2. The molecule has 0 aliphatic heterocycles.